The van der Waals surface area contributed by atoms with Crippen LogP contribution in [0.2, 0.25) is 0 Å². The van der Waals surface area contributed by atoms with Crippen LogP contribution in [0.15, 0.2) is 0 Å². The van der Waals surface area contributed by atoms with E-state index in [2.05, 4.69) is 13.8 Å². The Hall–Kier alpha value is -0.210. The molecule has 43 heavy (non-hydrogen) atoms. The Morgan fingerprint density at radius 2 is 0.698 bits per heavy atom. The lowest BCUT2D eigenvalue weighted by atomic mass is 10.0. The molecule has 0 heterocycles. The first-order valence-corrected chi connectivity index (χ1v) is 20.5. The minimum atomic E-state index is -3.27. The smallest absolute Gasteiger partial charge is 0.154 e. The Bertz CT molecular complexity index is 594. The molecule has 2 N–H and O–H groups in total. The molecule has 0 saturated carbocycles. The average molecular weight is 635 g/mol. The summed E-state index contributed by atoms with van der Waals surface area (Å²) in [5.41, 5.74) is 0. The lowest BCUT2D eigenvalue weighted by Gasteiger charge is -2.12. The number of sulfone groups is 1. The van der Waals surface area contributed by atoms with E-state index in [0.717, 1.165) is 25.7 Å². The first kappa shape index (κ1) is 42.8. The van der Waals surface area contributed by atoms with Crippen molar-refractivity contribution >= 4 is 9.84 Å². The third-order valence-corrected chi connectivity index (χ3v) is 10.1. The molecule has 7 heteroatoms. The van der Waals surface area contributed by atoms with Gasteiger partial charge in [0.15, 0.2) is 9.84 Å². The molecule has 260 valence electrons. The van der Waals surface area contributed by atoms with Gasteiger partial charge >= 0.3 is 0 Å². The van der Waals surface area contributed by atoms with Crippen LogP contribution >= 0.6 is 0 Å². The Labute approximate surface area is 268 Å². The summed E-state index contributed by atoms with van der Waals surface area (Å²) in [6.45, 7) is 5.09. The van der Waals surface area contributed by atoms with Crippen LogP contribution in [0.4, 0.5) is 0 Å². The molecule has 2 unspecified atom stereocenters. The van der Waals surface area contributed by atoms with Gasteiger partial charge in [-0.1, -0.05) is 168 Å². The lowest BCUT2D eigenvalue weighted by Crippen LogP contribution is -2.23. The maximum atomic E-state index is 12.2. The van der Waals surface area contributed by atoms with Crippen molar-refractivity contribution in [3.05, 3.63) is 0 Å². The van der Waals surface area contributed by atoms with Crippen LogP contribution in [0.25, 0.3) is 0 Å². The number of hydrogen-bond donors (Lipinski definition) is 2. The predicted molar refractivity (Wildman–Crippen MR) is 184 cm³/mol. The molecule has 0 spiro atoms. The van der Waals surface area contributed by atoms with E-state index in [1.54, 1.807) is 0 Å². The highest BCUT2D eigenvalue weighted by atomic mass is 32.2. The molecular formula is C36H74O6S. The van der Waals surface area contributed by atoms with Crippen molar-refractivity contribution in [2.24, 2.45) is 0 Å². The van der Waals surface area contributed by atoms with E-state index in [1.807, 2.05) is 0 Å². The van der Waals surface area contributed by atoms with E-state index in [1.165, 1.54) is 128 Å². The fourth-order valence-electron chi connectivity index (χ4n) is 5.52. The summed E-state index contributed by atoms with van der Waals surface area (Å²) in [5, 5.41) is 20.2. The average Bonchev–Trinajstić information content (AvgIpc) is 2.98. The SMILES string of the molecule is CCCCCCCCCCCCCCC(O)COCCS(=O)(=O)CCOCC(O)CCCCCCCCCCCCCC. The minimum Gasteiger partial charge on any atom is -0.391 e. The fraction of sp³-hybridized carbons (Fsp3) is 1.00. The van der Waals surface area contributed by atoms with Crippen LogP contribution in [-0.2, 0) is 19.3 Å². The van der Waals surface area contributed by atoms with Gasteiger partial charge in [-0.3, -0.25) is 0 Å². The Balaban J connectivity index is 3.49. The molecule has 2 atom stereocenters. The highest BCUT2D eigenvalue weighted by molar-refractivity contribution is 7.91. The summed E-state index contributed by atoms with van der Waals surface area (Å²) in [6, 6.07) is 0. The van der Waals surface area contributed by atoms with Gasteiger partial charge < -0.3 is 19.7 Å². The lowest BCUT2D eigenvalue weighted by molar-refractivity contribution is 0.0359. The van der Waals surface area contributed by atoms with Crippen LogP contribution in [0, 0.1) is 0 Å². The molecule has 0 aromatic rings. The topological polar surface area (TPSA) is 93.1 Å². The summed E-state index contributed by atoms with van der Waals surface area (Å²) in [6.07, 6.45) is 31.4. The van der Waals surface area contributed by atoms with E-state index < -0.39 is 22.0 Å². The van der Waals surface area contributed by atoms with Gasteiger partial charge in [0.05, 0.1) is 50.1 Å². The molecule has 0 bridgehead atoms. The van der Waals surface area contributed by atoms with Gasteiger partial charge in [0.25, 0.3) is 0 Å². The van der Waals surface area contributed by atoms with Crippen molar-refractivity contribution in [1.29, 1.82) is 0 Å². The maximum absolute atomic E-state index is 12.2. The van der Waals surface area contributed by atoms with Crippen molar-refractivity contribution in [2.75, 3.05) is 37.9 Å². The normalized spacial score (nSPS) is 13.5. The zero-order valence-electron chi connectivity index (χ0n) is 28.7. The number of aliphatic hydroxyl groups is 2. The number of aliphatic hydroxyl groups excluding tert-OH is 2. The third kappa shape index (κ3) is 34.5. The van der Waals surface area contributed by atoms with Gasteiger partial charge in [-0.05, 0) is 12.8 Å². The van der Waals surface area contributed by atoms with Gasteiger partial charge in [0, 0.05) is 0 Å². The fourth-order valence-corrected chi connectivity index (χ4v) is 6.47. The first-order chi connectivity index (χ1) is 20.9. The Morgan fingerprint density at radius 3 is 0.977 bits per heavy atom. The second kappa shape index (κ2) is 33.2. The summed E-state index contributed by atoms with van der Waals surface area (Å²) < 4.78 is 35.3. The van der Waals surface area contributed by atoms with Crippen LogP contribution in [0.1, 0.15) is 181 Å². The molecule has 0 saturated heterocycles. The number of ether oxygens (including phenoxy) is 2. The molecule has 0 aliphatic rings. The minimum absolute atomic E-state index is 0.0664. The van der Waals surface area contributed by atoms with Gasteiger partial charge in [0.1, 0.15) is 0 Å². The third-order valence-electron chi connectivity index (χ3n) is 8.48. The maximum Gasteiger partial charge on any atom is 0.154 e. The zero-order chi connectivity index (χ0) is 31.7. The first-order valence-electron chi connectivity index (χ1n) is 18.6. The van der Waals surface area contributed by atoms with Crippen molar-refractivity contribution in [1.82, 2.24) is 0 Å². The van der Waals surface area contributed by atoms with E-state index in [9.17, 15) is 18.6 Å². The van der Waals surface area contributed by atoms with Crippen molar-refractivity contribution in [3.63, 3.8) is 0 Å². The number of hydrogen-bond acceptors (Lipinski definition) is 6. The Kier molecular flexibility index (Phi) is 33.0. The molecule has 0 rings (SSSR count). The Morgan fingerprint density at radius 1 is 0.442 bits per heavy atom. The highest BCUT2D eigenvalue weighted by Gasteiger charge is 2.13. The summed E-state index contributed by atoms with van der Waals surface area (Å²) in [4.78, 5) is 0. The standard InChI is InChI=1S/C36H74O6S/c1-3-5-7-9-11-13-15-17-19-21-23-25-27-35(37)33-41-29-31-43(39,40)32-30-42-34-36(38)28-26-24-22-20-18-16-14-12-10-8-6-4-2/h35-38H,3-34H2,1-2H3. The van der Waals surface area contributed by atoms with Crippen molar-refractivity contribution < 1.29 is 28.1 Å². The predicted octanol–water partition coefficient (Wildman–Crippen LogP) is 9.34. The van der Waals surface area contributed by atoms with Crippen molar-refractivity contribution in [3.8, 4) is 0 Å². The van der Waals surface area contributed by atoms with Crippen LogP contribution < -0.4 is 0 Å². The molecule has 0 aromatic heterocycles. The summed E-state index contributed by atoms with van der Waals surface area (Å²) in [5.74, 6) is -0.133. The van der Waals surface area contributed by atoms with Gasteiger partial charge in [-0.15, -0.1) is 0 Å². The molecule has 6 nitrogen and oxygen atoms in total. The largest absolute Gasteiger partial charge is 0.391 e. The van der Waals surface area contributed by atoms with Crippen LogP contribution in [-0.4, -0.2) is 68.8 Å². The molecule has 0 fully saturated rings. The van der Waals surface area contributed by atoms with E-state index >= 15 is 0 Å². The zero-order valence-corrected chi connectivity index (χ0v) is 29.5. The number of rotatable bonds is 36. The van der Waals surface area contributed by atoms with E-state index in [-0.39, 0.29) is 37.9 Å². The summed E-state index contributed by atoms with van der Waals surface area (Å²) in [7, 11) is -3.27. The quantitative estimate of drug-likeness (QED) is 0.0667. The molecular weight excluding hydrogens is 560 g/mol. The van der Waals surface area contributed by atoms with Gasteiger partial charge in [0.2, 0.25) is 0 Å². The molecule has 0 amide bonds. The molecule has 0 aromatic carbocycles. The van der Waals surface area contributed by atoms with Crippen LogP contribution in [0.3, 0.4) is 0 Å². The number of unbranched alkanes of at least 4 members (excludes halogenated alkanes) is 22. The van der Waals surface area contributed by atoms with Gasteiger partial charge in [-0.25, -0.2) is 8.42 Å². The monoisotopic (exact) mass is 635 g/mol. The van der Waals surface area contributed by atoms with Crippen LogP contribution in [0.5, 0.6) is 0 Å². The summed E-state index contributed by atoms with van der Waals surface area (Å²) >= 11 is 0. The van der Waals surface area contributed by atoms with Crippen molar-refractivity contribution in [2.45, 2.75) is 193 Å². The molecule has 0 aliphatic carbocycles. The second-order valence-corrected chi connectivity index (χ2v) is 15.3. The van der Waals surface area contributed by atoms with E-state index in [4.69, 9.17) is 9.47 Å². The van der Waals surface area contributed by atoms with Gasteiger partial charge in [-0.2, -0.15) is 0 Å². The highest BCUT2D eigenvalue weighted by Crippen LogP contribution is 2.14. The molecule has 0 radical (unpaired) electrons. The molecule has 0 aliphatic heterocycles. The van der Waals surface area contributed by atoms with E-state index in [0.29, 0.717) is 12.8 Å². The second-order valence-electron chi connectivity index (χ2n) is 13.0.